The van der Waals surface area contributed by atoms with Gasteiger partial charge >= 0.3 is 0 Å². The molecule has 3 saturated heterocycles. The van der Waals surface area contributed by atoms with E-state index in [9.17, 15) is 0 Å². The van der Waals surface area contributed by atoms with Crippen molar-refractivity contribution in [1.82, 2.24) is 0 Å². The fourth-order valence-corrected chi connectivity index (χ4v) is 3.26. The first-order chi connectivity index (χ1) is 8.69. The van der Waals surface area contributed by atoms with Gasteiger partial charge < -0.3 is 24.1 Å². The molecule has 3 atom stereocenters. The van der Waals surface area contributed by atoms with Gasteiger partial charge in [-0.05, 0) is 32.6 Å². The number of aliphatic hydroxyl groups is 1. The van der Waals surface area contributed by atoms with Crippen molar-refractivity contribution in [2.45, 2.75) is 56.2 Å². The molecule has 3 heterocycles. The van der Waals surface area contributed by atoms with Crippen molar-refractivity contribution >= 4 is 0 Å². The zero-order valence-corrected chi connectivity index (χ0v) is 10.9. The summed E-state index contributed by atoms with van der Waals surface area (Å²) >= 11 is 0. The average Bonchev–Trinajstić information content (AvgIpc) is 3.02. The summed E-state index contributed by atoms with van der Waals surface area (Å²) in [5, 5.41) is 8.97. The third kappa shape index (κ3) is 1.98. The molecule has 3 aliphatic rings. The van der Waals surface area contributed by atoms with Gasteiger partial charge in [0, 0.05) is 6.61 Å². The van der Waals surface area contributed by atoms with E-state index in [1.807, 2.05) is 0 Å². The van der Waals surface area contributed by atoms with Crippen LogP contribution in [0.4, 0.5) is 0 Å². The highest BCUT2D eigenvalue weighted by atomic mass is 16.7. The standard InChI is InChI=1S/C13H22O5/c1-12(4-2-6-14)10-3-5-13(18-10,9-17-12)11-15-7-8-16-11/h10-11,14H,2-9H2,1H3. The molecule has 3 aliphatic heterocycles. The van der Waals surface area contributed by atoms with Crippen LogP contribution in [0.3, 0.4) is 0 Å². The van der Waals surface area contributed by atoms with Crippen molar-refractivity contribution in [3.05, 3.63) is 0 Å². The van der Waals surface area contributed by atoms with Crippen LogP contribution in [-0.4, -0.2) is 55.1 Å². The summed E-state index contributed by atoms with van der Waals surface area (Å²) in [6.45, 7) is 4.09. The van der Waals surface area contributed by atoms with E-state index in [1.54, 1.807) is 0 Å². The molecule has 2 bridgehead atoms. The minimum absolute atomic E-state index is 0.0885. The maximum atomic E-state index is 8.97. The van der Waals surface area contributed by atoms with E-state index >= 15 is 0 Å². The lowest BCUT2D eigenvalue weighted by molar-refractivity contribution is -0.295. The SMILES string of the molecule is CC1(CCCO)OCC2(C3OCCO3)CCC1O2. The number of hydrogen-bond acceptors (Lipinski definition) is 5. The number of fused-ring (bicyclic) bond motifs is 2. The van der Waals surface area contributed by atoms with E-state index < -0.39 is 5.60 Å². The Morgan fingerprint density at radius 3 is 2.78 bits per heavy atom. The van der Waals surface area contributed by atoms with Crippen LogP contribution < -0.4 is 0 Å². The van der Waals surface area contributed by atoms with E-state index in [1.165, 1.54) is 0 Å². The van der Waals surface area contributed by atoms with Crippen LogP contribution in [0.15, 0.2) is 0 Å². The molecule has 3 fully saturated rings. The molecule has 1 N–H and O–H groups in total. The van der Waals surface area contributed by atoms with Crippen molar-refractivity contribution in [1.29, 1.82) is 0 Å². The fraction of sp³-hybridized carbons (Fsp3) is 1.00. The number of aliphatic hydroxyl groups excluding tert-OH is 1. The molecule has 5 heteroatoms. The molecular formula is C13H22O5. The number of rotatable bonds is 4. The molecule has 0 saturated carbocycles. The van der Waals surface area contributed by atoms with Gasteiger partial charge in [-0.2, -0.15) is 0 Å². The highest BCUT2D eigenvalue weighted by Crippen LogP contribution is 2.47. The monoisotopic (exact) mass is 258 g/mol. The third-order valence-corrected chi connectivity index (χ3v) is 4.42. The zero-order chi connectivity index (χ0) is 12.6. The summed E-state index contributed by atoms with van der Waals surface area (Å²) in [6, 6.07) is 0. The molecule has 18 heavy (non-hydrogen) atoms. The molecule has 0 spiro atoms. The van der Waals surface area contributed by atoms with Crippen molar-refractivity contribution < 1.29 is 24.1 Å². The second kappa shape index (κ2) is 4.72. The Kier molecular flexibility index (Phi) is 3.36. The van der Waals surface area contributed by atoms with Gasteiger partial charge in [0.15, 0.2) is 6.29 Å². The van der Waals surface area contributed by atoms with Crippen LogP contribution in [-0.2, 0) is 18.9 Å². The Bertz CT molecular complexity index is 304. The first-order valence-corrected chi connectivity index (χ1v) is 6.84. The summed E-state index contributed by atoms with van der Waals surface area (Å²) in [4.78, 5) is 0. The second-order valence-corrected chi connectivity index (χ2v) is 5.71. The van der Waals surface area contributed by atoms with Gasteiger partial charge in [-0.15, -0.1) is 0 Å². The van der Waals surface area contributed by atoms with E-state index in [0.29, 0.717) is 19.8 Å². The van der Waals surface area contributed by atoms with E-state index in [4.69, 9.17) is 24.1 Å². The molecule has 3 rings (SSSR count). The summed E-state index contributed by atoms with van der Waals surface area (Å²) in [6.07, 6.45) is 3.30. The van der Waals surface area contributed by atoms with Gasteiger partial charge in [-0.3, -0.25) is 0 Å². The van der Waals surface area contributed by atoms with E-state index in [0.717, 1.165) is 25.7 Å². The lowest BCUT2D eigenvalue weighted by Crippen LogP contribution is -2.57. The molecule has 104 valence electrons. The summed E-state index contributed by atoms with van der Waals surface area (Å²) in [5.74, 6) is 0. The van der Waals surface area contributed by atoms with E-state index in [-0.39, 0.29) is 24.6 Å². The van der Waals surface area contributed by atoms with Crippen LogP contribution >= 0.6 is 0 Å². The predicted molar refractivity (Wildman–Crippen MR) is 63.2 cm³/mol. The van der Waals surface area contributed by atoms with Gasteiger partial charge in [0.05, 0.1) is 31.5 Å². The molecule has 0 amide bonds. The Labute approximate surface area is 107 Å². The number of hydrogen-bond donors (Lipinski definition) is 1. The molecule has 0 aliphatic carbocycles. The van der Waals surface area contributed by atoms with Crippen molar-refractivity contribution in [3.8, 4) is 0 Å². The Morgan fingerprint density at radius 2 is 2.06 bits per heavy atom. The minimum atomic E-state index is -0.403. The molecule has 0 aromatic rings. The normalized spacial score (nSPS) is 44.7. The van der Waals surface area contributed by atoms with Crippen LogP contribution in [0.25, 0.3) is 0 Å². The smallest absolute Gasteiger partial charge is 0.189 e. The maximum absolute atomic E-state index is 8.97. The highest BCUT2D eigenvalue weighted by Gasteiger charge is 2.58. The minimum Gasteiger partial charge on any atom is -0.396 e. The van der Waals surface area contributed by atoms with Crippen LogP contribution in [0, 0.1) is 0 Å². The predicted octanol–water partition coefficient (Wildman–Crippen LogP) is 0.838. The largest absolute Gasteiger partial charge is 0.396 e. The highest BCUT2D eigenvalue weighted by molar-refractivity contribution is 5.03. The van der Waals surface area contributed by atoms with Gasteiger partial charge in [0.1, 0.15) is 5.60 Å². The first kappa shape index (κ1) is 12.8. The number of ether oxygens (including phenoxy) is 4. The fourth-order valence-electron chi connectivity index (χ4n) is 3.26. The quantitative estimate of drug-likeness (QED) is 0.809. The maximum Gasteiger partial charge on any atom is 0.189 e. The van der Waals surface area contributed by atoms with Gasteiger partial charge in [-0.25, -0.2) is 0 Å². The molecule has 0 aromatic carbocycles. The van der Waals surface area contributed by atoms with Crippen LogP contribution in [0.1, 0.15) is 32.6 Å². The average molecular weight is 258 g/mol. The topological polar surface area (TPSA) is 57.2 Å². The van der Waals surface area contributed by atoms with Crippen molar-refractivity contribution in [2.75, 3.05) is 26.4 Å². The van der Waals surface area contributed by atoms with Gasteiger partial charge in [-0.1, -0.05) is 0 Å². The van der Waals surface area contributed by atoms with Crippen LogP contribution in [0.2, 0.25) is 0 Å². The van der Waals surface area contributed by atoms with Gasteiger partial charge in [0.2, 0.25) is 0 Å². The van der Waals surface area contributed by atoms with E-state index in [2.05, 4.69) is 6.92 Å². The van der Waals surface area contributed by atoms with Crippen molar-refractivity contribution in [3.63, 3.8) is 0 Å². The Hall–Kier alpha value is -0.200. The van der Waals surface area contributed by atoms with Crippen LogP contribution in [0.5, 0.6) is 0 Å². The molecule has 5 nitrogen and oxygen atoms in total. The second-order valence-electron chi connectivity index (χ2n) is 5.71. The lowest BCUT2D eigenvalue weighted by Gasteiger charge is -2.45. The summed E-state index contributed by atoms with van der Waals surface area (Å²) < 4.78 is 23.5. The lowest BCUT2D eigenvalue weighted by atomic mass is 9.91. The third-order valence-electron chi connectivity index (χ3n) is 4.42. The zero-order valence-electron chi connectivity index (χ0n) is 10.9. The van der Waals surface area contributed by atoms with Gasteiger partial charge in [0.25, 0.3) is 0 Å². The Balaban J connectivity index is 1.69. The molecule has 3 unspecified atom stereocenters. The summed E-state index contributed by atoms with van der Waals surface area (Å²) in [7, 11) is 0. The first-order valence-electron chi connectivity index (χ1n) is 6.84. The molecular weight excluding hydrogens is 236 g/mol. The molecule has 0 aromatic heterocycles. The Morgan fingerprint density at radius 1 is 1.28 bits per heavy atom. The summed E-state index contributed by atoms with van der Waals surface area (Å²) in [5.41, 5.74) is -0.679. The van der Waals surface area contributed by atoms with Crippen molar-refractivity contribution in [2.24, 2.45) is 0 Å². The molecule has 0 radical (unpaired) electrons.